The predicted molar refractivity (Wildman–Crippen MR) is 89.4 cm³/mol. The number of ether oxygens (including phenoxy) is 1. The second-order valence-electron chi connectivity index (χ2n) is 5.77. The molecule has 1 aliphatic rings. The van der Waals surface area contributed by atoms with Crippen LogP contribution in [0.2, 0.25) is 0 Å². The third kappa shape index (κ3) is 3.76. The SMILES string of the molecule is CCCC(C)NS(=O)(=O)c1ccc(OC)c(N2C(=O)CCC2=O)c1. The summed E-state index contributed by atoms with van der Waals surface area (Å²) in [5.41, 5.74) is 0.163. The maximum Gasteiger partial charge on any atom is 0.240 e. The topological polar surface area (TPSA) is 92.8 Å². The molecule has 1 aliphatic heterocycles. The molecule has 1 unspecified atom stereocenters. The smallest absolute Gasteiger partial charge is 0.240 e. The number of benzene rings is 1. The van der Waals surface area contributed by atoms with Crippen molar-refractivity contribution in [2.45, 2.75) is 50.5 Å². The van der Waals surface area contributed by atoms with E-state index in [0.717, 1.165) is 11.3 Å². The van der Waals surface area contributed by atoms with Crippen LogP contribution in [0.15, 0.2) is 23.1 Å². The van der Waals surface area contributed by atoms with Gasteiger partial charge in [0.15, 0.2) is 0 Å². The van der Waals surface area contributed by atoms with Crippen molar-refractivity contribution in [3.63, 3.8) is 0 Å². The Bertz CT molecular complexity index is 729. The fraction of sp³-hybridized carbons (Fsp3) is 0.500. The maximum atomic E-state index is 12.5. The Hall–Kier alpha value is -1.93. The fourth-order valence-corrected chi connectivity index (χ4v) is 3.98. The van der Waals surface area contributed by atoms with E-state index in [1.165, 1.54) is 25.3 Å². The van der Waals surface area contributed by atoms with E-state index in [4.69, 9.17) is 4.74 Å². The summed E-state index contributed by atoms with van der Waals surface area (Å²) in [5.74, 6) is -0.445. The zero-order valence-corrected chi connectivity index (χ0v) is 14.9. The van der Waals surface area contributed by atoms with Crippen molar-refractivity contribution >= 4 is 27.5 Å². The lowest BCUT2D eigenvalue weighted by atomic mass is 10.2. The lowest BCUT2D eigenvalue weighted by molar-refractivity contribution is -0.121. The highest BCUT2D eigenvalue weighted by molar-refractivity contribution is 7.89. The monoisotopic (exact) mass is 354 g/mol. The van der Waals surface area contributed by atoms with E-state index in [-0.39, 0.29) is 47.0 Å². The molecule has 24 heavy (non-hydrogen) atoms. The molecule has 1 atom stereocenters. The summed E-state index contributed by atoms with van der Waals surface area (Å²) in [4.78, 5) is 24.9. The molecule has 0 aromatic heterocycles. The minimum Gasteiger partial charge on any atom is -0.495 e. The molecule has 8 heteroatoms. The molecule has 1 fully saturated rings. The first kappa shape index (κ1) is 18.4. The molecule has 2 amide bonds. The Balaban J connectivity index is 2.42. The van der Waals surface area contributed by atoms with Gasteiger partial charge in [-0.25, -0.2) is 18.0 Å². The number of carbonyl (C=O) groups excluding carboxylic acids is 2. The molecule has 132 valence electrons. The van der Waals surface area contributed by atoms with Crippen LogP contribution < -0.4 is 14.4 Å². The van der Waals surface area contributed by atoms with Gasteiger partial charge in [-0.3, -0.25) is 9.59 Å². The second kappa shape index (κ2) is 7.31. The number of imide groups is 1. The van der Waals surface area contributed by atoms with Gasteiger partial charge in [0, 0.05) is 18.9 Å². The predicted octanol–water partition coefficient (Wildman–Crippen LogP) is 1.82. The summed E-state index contributed by atoms with van der Waals surface area (Å²) in [7, 11) is -2.35. The number of sulfonamides is 1. The number of nitrogens with zero attached hydrogens (tertiary/aromatic N) is 1. The first-order chi connectivity index (χ1) is 11.3. The van der Waals surface area contributed by atoms with Crippen molar-refractivity contribution in [3.05, 3.63) is 18.2 Å². The van der Waals surface area contributed by atoms with Gasteiger partial charge in [0.05, 0.1) is 17.7 Å². The van der Waals surface area contributed by atoms with Crippen LogP contribution in [0.5, 0.6) is 5.75 Å². The lowest BCUT2D eigenvalue weighted by Crippen LogP contribution is -2.33. The molecule has 1 saturated heterocycles. The number of nitrogens with one attached hydrogen (secondary N) is 1. The summed E-state index contributed by atoms with van der Waals surface area (Å²) in [5, 5.41) is 0. The van der Waals surface area contributed by atoms with Gasteiger partial charge in [-0.2, -0.15) is 0 Å². The van der Waals surface area contributed by atoms with Gasteiger partial charge >= 0.3 is 0 Å². The summed E-state index contributed by atoms with van der Waals surface area (Å²) in [6, 6.07) is 3.95. The summed E-state index contributed by atoms with van der Waals surface area (Å²) >= 11 is 0. The minimum atomic E-state index is -3.75. The standard InChI is InChI=1S/C16H22N2O5S/c1-4-5-11(2)17-24(21,22)12-6-7-14(23-3)13(10-12)18-15(19)8-9-16(18)20/h6-7,10-11,17H,4-5,8-9H2,1-3H3. The second-order valence-corrected chi connectivity index (χ2v) is 7.48. The normalized spacial score (nSPS) is 16.5. The van der Waals surface area contributed by atoms with Gasteiger partial charge in [0.1, 0.15) is 5.75 Å². The molecule has 2 rings (SSSR count). The van der Waals surface area contributed by atoms with Crippen LogP contribution in [-0.2, 0) is 19.6 Å². The zero-order valence-electron chi connectivity index (χ0n) is 14.0. The van der Waals surface area contributed by atoms with Crippen LogP contribution in [0.1, 0.15) is 39.5 Å². The molecule has 0 radical (unpaired) electrons. The van der Waals surface area contributed by atoms with E-state index in [0.29, 0.717) is 6.42 Å². The quantitative estimate of drug-likeness (QED) is 0.754. The molecule has 0 bridgehead atoms. The molecule has 0 saturated carbocycles. The minimum absolute atomic E-state index is 0.00578. The molecular formula is C16H22N2O5S. The molecule has 1 N–H and O–H groups in total. The lowest BCUT2D eigenvalue weighted by Gasteiger charge is -2.19. The summed E-state index contributed by atoms with van der Waals surface area (Å²) in [6.45, 7) is 3.76. The average molecular weight is 354 g/mol. The van der Waals surface area contributed by atoms with Crippen molar-refractivity contribution < 1.29 is 22.7 Å². The molecule has 1 heterocycles. The highest BCUT2D eigenvalue weighted by Crippen LogP contribution is 2.34. The molecule has 0 aliphatic carbocycles. The van der Waals surface area contributed by atoms with Crippen LogP contribution in [0.4, 0.5) is 5.69 Å². The number of methoxy groups -OCH3 is 1. The van der Waals surface area contributed by atoms with E-state index in [2.05, 4.69) is 4.72 Å². The third-order valence-corrected chi connectivity index (χ3v) is 5.42. The molecule has 1 aromatic rings. The van der Waals surface area contributed by atoms with Gasteiger partial charge < -0.3 is 4.74 Å². The molecule has 7 nitrogen and oxygen atoms in total. The largest absolute Gasteiger partial charge is 0.495 e. The first-order valence-corrected chi connectivity index (χ1v) is 9.34. The Labute approximate surface area is 142 Å². The number of amides is 2. The van der Waals surface area contributed by atoms with Crippen LogP contribution in [0, 0.1) is 0 Å². The van der Waals surface area contributed by atoms with Crippen LogP contribution in [-0.4, -0.2) is 33.4 Å². The van der Waals surface area contributed by atoms with Crippen molar-refractivity contribution in [2.24, 2.45) is 0 Å². The Morgan fingerprint density at radius 2 is 1.88 bits per heavy atom. The van der Waals surface area contributed by atoms with Gasteiger partial charge in [-0.15, -0.1) is 0 Å². The van der Waals surface area contributed by atoms with E-state index in [9.17, 15) is 18.0 Å². The van der Waals surface area contributed by atoms with Crippen LogP contribution >= 0.6 is 0 Å². The van der Waals surface area contributed by atoms with Gasteiger partial charge in [0.25, 0.3) is 0 Å². The van der Waals surface area contributed by atoms with Crippen molar-refractivity contribution in [2.75, 3.05) is 12.0 Å². The number of carbonyl (C=O) groups is 2. The van der Waals surface area contributed by atoms with Crippen LogP contribution in [0.25, 0.3) is 0 Å². The van der Waals surface area contributed by atoms with Crippen molar-refractivity contribution in [3.8, 4) is 5.75 Å². The number of hydrogen-bond acceptors (Lipinski definition) is 5. The van der Waals surface area contributed by atoms with Crippen molar-refractivity contribution in [1.29, 1.82) is 0 Å². The Morgan fingerprint density at radius 3 is 2.42 bits per heavy atom. The first-order valence-electron chi connectivity index (χ1n) is 7.86. The molecule has 0 spiro atoms. The van der Waals surface area contributed by atoms with E-state index < -0.39 is 10.0 Å². The highest BCUT2D eigenvalue weighted by Gasteiger charge is 2.33. The number of anilines is 1. The molecule has 1 aromatic carbocycles. The Morgan fingerprint density at radius 1 is 1.25 bits per heavy atom. The fourth-order valence-electron chi connectivity index (χ4n) is 2.68. The molecular weight excluding hydrogens is 332 g/mol. The highest BCUT2D eigenvalue weighted by atomic mass is 32.2. The average Bonchev–Trinajstić information content (AvgIpc) is 2.85. The number of rotatable bonds is 7. The zero-order chi connectivity index (χ0) is 17.9. The van der Waals surface area contributed by atoms with E-state index >= 15 is 0 Å². The van der Waals surface area contributed by atoms with Crippen LogP contribution in [0.3, 0.4) is 0 Å². The maximum absolute atomic E-state index is 12.5. The Kier molecular flexibility index (Phi) is 5.61. The summed E-state index contributed by atoms with van der Waals surface area (Å²) in [6.07, 6.45) is 1.80. The van der Waals surface area contributed by atoms with Gasteiger partial charge in [-0.1, -0.05) is 13.3 Å². The van der Waals surface area contributed by atoms with E-state index in [1.54, 1.807) is 6.92 Å². The van der Waals surface area contributed by atoms with Gasteiger partial charge in [-0.05, 0) is 31.5 Å². The van der Waals surface area contributed by atoms with E-state index in [1.807, 2.05) is 6.92 Å². The number of hydrogen-bond donors (Lipinski definition) is 1. The van der Waals surface area contributed by atoms with Gasteiger partial charge in [0.2, 0.25) is 21.8 Å². The third-order valence-electron chi connectivity index (χ3n) is 3.83. The summed E-state index contributed by atoms with van der Waals surface area (Å²) < 4.78 is 32.8. The van der Waals surface area contributed by atoms with Crippen molar-refractivity contribution in [1.82, 2.24) is 4.72 Å².